The summed E-state index contributed by atoms with van der Waals surface area (Å²) in [6.07, 6.45) is 0. The first-order valence-corrected chi connectivity index (χ1v) is 9.10. The highest BCUT2D eigenvalue weighted by molar-refractivity contribution is 14.2. The summed E-state index contributed by atoms with van der Waals surface area (Å²) in [6, 6.07) is 10.4. The number of piperazine rings is 1. The first kappa shape index (κ1) is 13.6. The summed E-state index contributed by atoms with van der Waals surface area (Å²) >= 11 is 2.33. The van der Waals surface area contributed by atoms with Crippen LogP contribution in [0.4, 0.5) is 0 Å². The van der Waals surface area contributed by atoms with Gasteiger partial charge in [-0.2, -0.15) is 0 Å². The zero-order valence-corrected chi connectivity index (χ0v) is 12.6. The summed E-state index contributed by atoms with van der Waals surface area (Å²) in [7, 11) is 1.78. The van der Waals surface area contributed by atoms with E-state index in [4.69, 9.17) is 0 Å². The minimum absolute atomic E-state index is 0.151. The fourth-order valence-corrected chi connectivity index (χ4v) is 3.67. The smallest absolute Gasteiger partial charge is 0.0628 e. The Morgan fingerprint density at radius 2 is 1.82 bits per heavy atom. The molecule has 0 saturated carbocycles. The van der Waals surface area contributed by atoms with E-state index < -0.39 is 0 Å². The van der Waals surface area contributed by atoms with E-state index in [2.05, 4.69) is 42.5 Å². The summed E-state index contributed by atoms with van der Waals surface area (Å²) < 4.78 is 2.36. The van der Waals surface area contributed by atoms with E-state index in [9.17, 15) is 5.11 Å². The lowest BCUT2D eigenvalue weighted by molar-refractivity contribution is 0.0934. The average Bonchev–Trinajstić information content (AvgIpc) is 2.42. The highest BCUT2D eigenvalue weighted by atomic mass is 127. The number of rotatable bonds is 4. The molecular formula is C12H17IN2OS. The van der Waals surface area contributed by atoms with Crippen LogP contribution in [0.15, 0.2) is 30.3 Å². The Morgan fingerprint density at radius 1 is 1.18 bits per heavy atom. The quantitative estimate of drug-likeness (QED) is 0.656. The molecule has 0 radical (unpaired) electrons. The number of benzene rings is 1. The molecule has 2 rings (SSSR count). The summed E-state index contributed by atoms with van der Waals surface area (Å²) in [5.74, 6) is 0. The minimum atomic E-state index is 0.151. The molecule has 1 aromatic rings. The van der Waals surface area contributed by atoms with Gasteiger partial charge in [-0.25, -0.2) is 4.31 Å². The van der Waals surface area contributed by atoms with E-state index >= 15 is 0 Å². The molecule has 1 fully saturated rings. The maximum absolute atomic E-state index is 9.59. The molecule has 17 heavy (non-hydrogen) atoms. The van der Waals surface area contributed by atoms with Gasteiger partial charge in [-0.1, -0.05) is 30.3 Å². The lowest BCUT2D eigenvalue weighted by Crippen LogP contribution is -2.45. The van der Waals surface area contributed by atoms with Gasteiger partial charge in [0.1, 0.15) is 0 Å². The molecule has 1 atom stereocenters. The average molecular weight is 364 g/mol. The third-order valence-corrected chi connectivity index (χ3v) is 5.40. The van der Waals surface area contributed by atoms with Gasteiger partial charge in [0, 0.05) is 47.4 Å². The van der Waals surface area contributed by atoms with Crippen molar-refractivity contribution in [1.82, 2.24) is 9.21 Å². The topological polar surface area (TPSA) is 26.7 Å². The van der Waals surface area contributed by atoms with Crippen molar-refractivity contribution in [3.8, 4) is 0 Å². The number of halogens is 1. The Morgan fingerprint density at radius 3 is 2.35 bits per heavy atom. The van der Waals surface area contributed by atoms with Gasteiger partial charge < -0.3 is 5.11 Å². The SMILES string of the molecule is OC[C@@H](c1ccccc1)N1CCN(SI)CC1. The third kappa shape index (κ3) is 3.57. The van der Waals surface area contributed by atoms with Gasteiger partial charge in [0.05, 0.1) is 12.6 Å². The van der Waals surface area contributed by atoms with E-state index in [0.717, 1.165) is 26.2 Å². The lowest BCUT2D eigenvalue weighted by Gasteiger charge is -2.37. The van der Waals surface area contributed by atoms with Crippen LogP contribution in [0.3, 0.4) is 0 Å². The number of nitrogens with zero attached hydrogens (tertiary/aromatic N) is 2. The van der Waals surface area contributed by atoms with Crippen molar-refractivity contribution in [2.75, 3.05) is 32.8 Å². The Balaban J connectivity index is 2.00. The van der Waals surface area contributed by atoms with Gasteiger partial charge in [-0.05, 0) is 14.7 Å². The maximum Gasteiger partial charge on any atom is 0.0628 e. The standard InChI is InChI=1S/C12H17IN2OS/c13-17-15-8-6-14(7-9-15)12(10-16)11-4-2-1-3-5-11/h1-5,12,16H,6-10H2/t12-/m0/s1. The summed E-state index contributed by atoms with van der Waals surface area (Å²) in [6.45, 7) is 4.38. The molecule has 1 saturated heterocycles. The van der Waals surface area contributed by atoms with Crippen LogP contribution in [0, 0.1) is 0 Å². The van der Waals surface area contributed by atoms with E-state index in [1.807, 2.05) is 18.2 Å². The molecule has 1 heterocycles. The lowest BCUT2D eigenvalue weighted by atomic mass is 10.1. The van der Waals surface area contributed by atoms with Crippen LogP contribution in [-0.4, -0.2) is 47.1 Å². The fraction of sp³-hybridized carbons (Fsp3) is 0.500. The number of hydrogen-bond acceptors (Lipinski definition) is 4. The van der Waals surface area contributed by atoms with Gasteiger partial charge >= 0.3 is 0 Å². The predicted octanol–water partition coefficient (Wildman–Crippen LogP) is 2.34. The molecule has 0 amide bonds. The van der Waals surface area contributed by atoms with Crippen LogP contribution in [0.1, 0.15) is 11.6 Å². The van der Waals surface area contributed by atoms with Crippen molar-refractivity contribution >= 4 is 30.3 Å². The number of aliphatic hydroxyl groups is 1. The minimum Gasteiger partial charge on any atom is -0.394 e. The fourth-order valence-electron chi connectivity index (χ4n) is 2.19. The maximum atomic E-state index is 9.59. The second-order valence-corrected chi connectivity index (χ2v) is 5.98. The first-order valence-electron chi connectivity index (χ1n) is 5.78. The second kappa shape index (κ2) is 6.94. The van der Waals surface area contributed by atoms with E-state index in [1.165, 1.54) is 5.56 Å². The third-order valence-electron chi connectivity index (χ3n) is 3.17. The summed E-state index contributed by atoms with van der Waals surface area (Å²) in [4.78, 5) is 2.37. The molecule has 5 heteroatoms. The van der Waals surface area contributed by atoms with Gasteiger partial charge in [0.25, 0.3) is 0 Å². The van der Waals surface area contributed by atoms with Crippen molar-refractivity contribution in [3.05, 3.63) is 35.9 Å². The normalized spacial score (nSPS) is 20.4. The van der Waals surface area contributed by atoms with Gasteiger partial charge in [-0.15, -0.1) is 0 Å². The van der Waals surface area contributed by atoms with E-state index in [-0.39, 0.29) is 12.6 Å². The van der Waals surface area contributed by atoms with Crippen LogP contribution in [0.5, 0.6) is 0 Å². The molecule has 94 valence electrons. The summed E-state index contributed by atoms with van der Waals surface area (Å²) in [5.41, 5.74) is 1.21. The van der Waals surface area contributed by atoms with Crippen molar-refractivity contribution in [2.24, 2.45) is 0 Å². The Hall–Kier alpha value is 0.180. The Bertz CT molecular complexity index is 331. The van der Waals surface area contributed by atoms with Crippen LogP contribution < -0.4 is 0 Å². The van der Waals surface area contributed by atoms with Crippen molar-refractivity contribution in [3.63, 3.8) is 0 Å². The largest absolute Gasteiger partial charge is 0.394 e. The highest BCUT2D eigenvalue weighted by Gasteiger charge is 2.24. The van der Waals surface area contributed by atoms with Crippen LogP contribution in [0.25, 0.3) is 0 Å². The van der Waals surface area contributed by atoms with Crippen LogP contribution in [0.2, 0.25) is 0 Å². The molecule has 1 aliphatic heterocycles. The molecule has 0 bridgehead atoms. The first-order chi connectivity index (χ1) is 8.35. The molecule has 0 unspecified atom stereocenters. The monoisotopic (exact) mass is 364 g/mol. The molecule has 1 N–H and O–H groups in total. The molecule has 0 spiro atoms. The van der Waals surface area contributed by atoms with Gasteiger partial charge in [-0.3, -0.25) is 4.90 Å². The van der Waals surface area contributed by atoms with Crippen LogP contribution >= 0.6 is 30.3 Å². The Kier molecular flexibility index (Phi) is 5.55. The van der Waals surface area contributed by atoms with Crippen molar-refractivity contribution < 1.29 is 5.11 Å². The molecule has 0 aromatic heterocycles. The predicted molar refractivity (Wildman–Crippen MR) is 81.0 cm³/mol. The van der Waals surface area contributed by atoms with Gasteiger partial charge in [0.2, 0.25) is 0 Å². The molecule has 1 aromatic carbocycles. The van der Waals surface area contributed by atoms with Crippen molar-refractivity contribution in [1.29, 1.82) is 0 Å². The number of aliphatic hydroxyl groups excluding tert-OH is 1. The van der Waals surface area contributed by atoms with E-state index in [0.29, 0.717) is 0 Å². The Labute approximate surface area is 119 Å². The van der Waals surface area contributed by atoms with E-state index in [1.54, 1.807) is 9.12 Å². The second-order valence-electron chi connectivity index (χ2n) is 4.14. The zero-order valence-electron chi connectivity index (χ0n) is 9.63. The van der Waals surface area contributed by atoms with Gasteiger partial charge in [0.15, 0.2) is 0 Å². The highest BCUT2D eigenvalue weighted by Crippen LogP contribution is 2.25. The number of hydrogen-bond donors (Lipinski definition) is 1. The molecule has 0 aliphatic carbocycles. The van der Waals surface area contributed by atoms with Crippen LogP contribution in [-0.2, 0) is 0 Å². The zero-order chi connectivity index (χ0) is 12.1. The molecular weight excluding hydrogens is 347 g/mol. The molecule has 1 aliphatic rings. The summed E-state index contributed by atoms with van der Waals surface area (Å²) in [5, 5.41) is 9.59. The van der Waals surface area contributed by atoms with Crippen molar-refractivity contribution in [2.45, 2.75) is 6.04 Å². The molecule has 3 nitrogen and oxygen atoms in total.